The summed E-state index contributed by atoms with van der Waals surface area (Å²) in [6.45, 7) is 12.0. The van der Waals surface area contributed by atoms with Crippen molar-refractivity contribution in [1.82, 2.24) is 10.2 Å². The molecular weight excluding hydrogens is 264 g/mol. The van der Waals surface area contributed by atoms with Crippen LogP contribution < -0.4 is 10.1 Å². The first-order chi connectivity index (χ1) is 10.1. The van der Waals surface area contributed by atoms with E-state index in [0.717, 1.165) is 61.6 Å². The van der Waals surface area contributed by atoms with Crippen molar-refractivity contribution < 1.29 is 9.84 Å². The van der Waals surface area contributed by atoms with Crippen LogP contribution in [0.25, 0.3) is 0 Å². The van der Waals surface area contributed by atoms with Crippen molar-refractivity contribution in [1.29, 1.82) is 0 Å². The summed E-state index contributed by atoms with van der Waals surface area (Å²) in [6, 6.07) is 3.99. The van der Waals surface area contributed by atoms with Crippen LogP contribution in [0.2, 0.25) is 0 Å². The van der Waals surface area contributed by atoms with Crippen LogP contribution in [0.4, 0.5) is 0 Å². The quantitative estimate of drug-likeness (QED) is 0.842. The summed E-state index contributed by atoms with van der Waals surface area (Å²) in [7, 11) is 0. The van der Waals surface area contributed by atoms with Crippen molar-refractivity contribution in [2.24, 2.45) is 0 Å². The normalized spacial score (nSPS) is 17.7. The number of rotatable bonds is 6. The second-order valence-corrected chi connectivity index (χ2v) is 5.73. The second-order valence-electron chi connectivity index (χ2n) is 5.73. The van der Waals surface area contributed by atoms with Crippen molar-refractivity contribution in [2.75, 3.05) is 39.3 Å². The standard InChI is InChI=1S/C17H28N2O2/c1-4-21-17-6-5-15(13(2)14(17)3)16(20)7-10-19-11-8-18-9-12-19/h5-6,16,18,20H,4,7-12H2,1-3H3. The summed E-state index contributed by atoms with van der Waals surface area (Å²) in [5, 5.41) is 13.8. The first-order valence-electron chi connectivity index (χ1n) is 7.97. The lowest BCUT2D eigenvalue weighted by molar-refractivity contribution is 0.136. The van der Waals surface area contributed by atoms with Gasteiger partial charge < -0.3 is 20.1 Å². The molecule has 4 nitrogen and oxygen atoms in total. The number of ether oxygens (including phenoxy) is 1. The predicted octanol–water partition coefficient (Wildman–Crippen LogP) is 2.03. The number of hydrogen-bond donors (Lipinski definition) is 2. The monoisotopic (exact) mass is 292 g/mol. The van der Waals surface area contributed by atoms with E-state index >= 15 is 0 Å². The van der Waals surface area contributed by atoms with Gasteiger partial charge >= 0.3 is 0 Å². The summed E-state index contributed by atoms with van der Waals surface area (Å²) in [5.41, 5.74) is 3.32. The third kappa shape index (κ3) is 4.19. The number of aliphatic hydroxyl groups is 1. The summed E-state index contributed by atoms with van der Waals surface area (Å²) in [6.07, 6.45) is 0.392. The predicted molar refractivity (Wildman–Crippen MR) is 86.0 cm³/mol. The van der Waals surface area contributed by atoms with E-state index in [-0.39, 0.29) is 0 Å². The molecule has 0 aromatic heterocycles. The highest BCUT2D eigenvalue weighted by molar-refractivity contribution is 5.44. The van der Waals surface area contributed by atoms with E-state index in [2.05, 4.69) is 24.1 Å². The molecule has 0 spiro atoms. The Bertz CT molecular complexity index is 456. The first kappa shape index (κ1) is 16.3. The van der Waals surface area contributed by atoms with E-state index in [1.807, 2.05) is 19.1 Å². The lowest BCUT2D eigenvalue weighted by atomic mass is 9.96. The highest BCUT2D eigenvalue weighted by Crippen LogP contribution is 2.29. The van der Waals surface area contributed by atoms with Crippen molar-refractivity contribution in [3.8, 4) is 5.75 Å². The van der Waals surface area contributed by atoms with E-state index in [1.165, 1.54) is 0 Å². The minimum Gasteiger partial charge on any atom is -0.494 e. The maximum atomic E-state index is 10.5. The van der Waals surface area contributed by atoms with Gasteiger partial charge in [0.05, 0.1) is 12.7 Å². The third-order valence-electron chi connectivity index (χ3n) is 4.37. The Labute approximate surface area is 128 Å². The molecule has 1 heterocycles. The number of nitrogens with one attached hydrogen (secondary N) is 1. The fourth-order valence-electron chi connectivity index (χ4n) is 2.88. The van der Waals surface area contributed by atoms with Crippen molar-refractivity contribution in [3.63, 3.8) is 0 Å². The molecule has 0 aliphatic carbocycles. The smallest absolute Gasteiger partial charge is 0.122 e. The van der Waals surface area contributed by atoms with Gasteiger partial charge in [0.25, 0.3) is 0 Å². The average Bonchev–Trinajstić information content (AvgIpc) is 2.51. The summed E-state index contributed by atoms with van der Waals surface area (Å²) in [5.74, 6) is 0.924. The van der Waals surface area contributed by atoms with Crippen LogP contribution in [0.3, 0.4) is 0 Å². The van der Waals surface area contributed by atoms with Crippen LogP contribution in [0.15, 0.2) is 12.1 Å². The zero-order valence-electron chi connectivity index (χ0n) is 13.5. The molecule has 21 heavy (non-hydrogen) atoms. The lowest BCUT2D eigenvalue weighted by Crippen LogP contribution is -2.44. The molecule has 2 N–H and O–H groups in total. The summed E-state index contributed by atoms with van der Waals surface area (Å²) >= 11 is 0. The van der Waals surface area contributed by atoms with Crippen LogP contribution in [0.1, 0.15) is 36.1 Å². The Balaban J connectivity index is 1.98. The van der Waals surface area contributed by atoms with Gasteiger partial charge in [-0.1, -0.05) is 6.07 Å². The molecular formula is C17H28N2O2. The van der Waals surface area contributed by atoms with Gasteiger partial charge in [-0.2, -0.15) is 0 Å². The van der Waals surface area contributed by atoms with Crippen LogP contribution >= 0.6 is 0 Å². The number of piperazine rings is 1. The molecule has 1 saturated heterocycles. The average molecular weight is 292 g/mol. The Morgan fingerprint density at radius 3 is 2.62 bits per heavy atom. The van der Waals surface area contributed by atoms with Gasteiger partial charge in [-0.3, -0.25) is 0 Å². The summed E-state index contributed by atoms with van der Waals surface area (Å²) in [4.78, 5) is 2.41. The maximum Gasteiger partial charge on any atom is 0.122 e. The van der Waals surface area contributed by atoms with Gasteiger partial charge in [0, 0.05) is 32.7 Å². The Kier molecular flexibility index (Phi) is 6.03. The van der Waals surface area contributed by atoms with Crippen molar-refractivity contribution in [2.45, 2.75) is 33.3 Å². The molecule has 2 rings (SSSR count). The molecule has 0 radical (unpaired) electrons. The fourth-order valence-corrected chi connectivity index (χ4v) is 2.88. The Morgan fingerprint density at radius 2 is 1.95 bits per heavy atom. The molecule has 1 aliphatic heterocycles. The molecule has 0 saturated carbocycles. The molecule has 4 heteroatoms. The minimum absolute atomic E-state index is 0.394. The molecule has 1 aliphatic rings. The van der Waals surface area contributed by atoms with E-state index < -0.39 is 6.10 Å². The molecule has 1 atom stereocenters. The molecule has 1 aromatic carbocycles. The summed E-state index contributed by atoms with van der Waals surface area (Å²) < 4.78 is 5.61. The molecule has 0 amide bonds. The SMILES string of the molecule is CCOc1ccc(C(O)CCN2CCNCC2)c(C)c1C. The van der Waals surface area contributed by atoms with Gasteiger partial charge in [0.15, 0.2) is 0 Å². The highest BCUT2D eigenvalue weighted by atomic mass is 16.5. The zero-order valence-corrected chi connectivity index (χ0v) is 13.5. The highest BCUT2D eigenvalue weighted by Gasteiger charge is 2.16. The topological polar surface area (TPSA) is 44.7 Å². The molecule has 1 unspecified atom stereocenters. The molecule has 118 valence electrons. The van der Waals surface area contributed by atoms with Crippen LogP contribution in [-0.2, 0) is 0 Å². The minimum atomic E-state index is -0.394. The number of nitrogens with zero attached hydrogens (tertiary/aromatic N) is 1. The maximum absolute atomic E-state index is 10.5. The van der Waals surface area contributed by atoms with Gasteiger partial charge in [-0.15, -0.1) is 0 Å². The van der Waals surface area contributed by atoms with Crippen LogP contribution in [0, 0.1) is 13.8 Å². The van der Waals surface area contributed by atoms with E-state index in [9.17, 15) is 5.11 Å². The number of benzene rings is 1. The van der Waals surface area contributed by atoms with E-state index in [4.69, 9.17) is 4.74 Å². The van der Waals surface area contributed by atoms with Gasteiger partial charge in [-0.05, 0) is 49.9 Å². The molecule has 0 bridgehead atoms. The van der Waals surface area contributed by atoms with Crippen molar-refractivity contribution in [3.05, 3.63) is 28.8 Å². The molecule has 1 aromatic rings. The third-order valence-corrected chi connectivity index (χ3v) is 4.37. The zero-order chi connectivity index (χ0) is 15.2. The van der Waals surface area contributed by atoms with E-state index in [0.29, 0.717) is 6.61 Å². The van der Waals surface area contributed by atoms with Gasteiger partial charge in [0.2, 0.25) is 0 Å². The Hall–Kier alpha value is -1.10. The number of aliphatic hydroxyl groups excluding tert-OH is 1. The van der Waals surface area contributed by atoms with Gasteiger partial charge in [0.1, 0.15) is 5.75 Å². The molecule has 1 fully saturated rings. The lowest BCUT2D eigenvalue weighted by Gasteiger charge is -2.28. The first-order valence-corrected chi connectivity index (χ1v) is 7.97. The number of hydrogen-bond acceptors (Lipinski definition) is 4. The van der Waals surface area contributed by atoms with Gasteiger partial charge in [-0.25, -0.2) is 0 Å². The van der Waals surface area contributed by atoms with E-state index in [1.54, 1.807) is 0 Å². The fraction of sp³-hybridized carbons (Fsp3) is 0.647. The van der Waals surface area contributed by atoms with Crippen molar-refractivity contribution >= 4 is 0 Å². The Morgan fingerprint density at radius 1 is 1.24 bits per heavy atom. The van der Waals surface area contributed by atoms with Crippen LogP contribution in [0.5, 0.6) is 5.75 Å². The van der Waals surface area contributed by atoms with Crippen LogP contribution in [-0.4, -0.2) is 49.3 Å². The second kappa shape index (κ2) is 7.78. The largest absolute Gasteiger partial charge is 0.494 e.